The second-order valence-electron chi connectivity index (χ2n) is 15.3. The van der Waals surface area contributed by atoms with E-state index in [2.05, 4.69) is 6.08 Å². The molecule has 11 nitrogen and oxygen atoms in total. The van der Waals surface area contributed by atoms with Crippen LogP contribution in [0.3, 0.4) is 0 Å². The second-order valence-corrected chi connectivity index (χ2v) is 15.3. The van der Waals surface area contributed by atoms with Crippen LogP contribution in [0.1, 0.15) is 79.1 Å². The van der Waals surface area contributed by atoms with Gasteiger partial charge in [-0.2, -0.15) is 0 Å². The maximum atomic E-state index is 14.4. The first kappa shape index (κ1) is 35.9. The molecule has 3 saturated carbocycles. The third-order valence-corrected chi connectivity index (χ3v) is 12.8. The van der Waals surface area contributed by atoms with Gasteiger partial charge in [0.1, 0.15) is 30.5 Å². The number of esters is 2. The van der Waals surface area contributed by atoms with Crippen molar-refractivity contribution in [3.8, 4) is 0 Å². The van der Waals surface area contributed by atoms with Gasteiger partial charge in [-0.25, -0.2) is 0 Å². The van der Waals surface area contributed by atoms with Gasteiger partial charge in [-0.15, -0.1) is 0 Å². The Hall–Kier alpha value is -1.89. The van der Waals surface area contributed by atoms with E-state index in [9.17, 15) is 19.5 Å². The van der Waals surface area contributed by atoms with E-state index in [1.807, 2.05) is 20.8 Å². The lowest BCUT2D eigenvalue weighted by Crippen LogP contribution is -2.59. The van der Waals surface area contributed by atoms with Crippen LogP contribution in [-0.2, 0) is 47.5 Å². The molecule has 6 rings (SSSR count). The topological polar surface area (TPSA) is 136 Å². The molecule has 5 fully saturated rings. The third-order valence-electron chi connectivity index (χ3n) is 12.8. The molecular formula is C37H56O11. The number of aliphatic hydroxyl groups excluding tert-OH is 1. The molecule has 48 heavy (non-hydrogen) atoms. The first-order valence-corrected chi connectivity index (χ1v) is 18.2. The SMILES string of the molecule is CC[C@H]1CCC[C@H](OC(C)=O)[C@@H](C)C(=O)C2=C[C@H]3[C@@H]4C[C@H](O[C@@H]5OC(C)[C@H](OC)C(OC)C5OC)C[C@H]4[C@@H]4CC(O)[C@@H]4[C@H]3[C@@H]2CC(=O)O1. The smallest absolute Gasteiger partial charge is 0.306 e. The summed E-state index contributed by atoms with van der Waals surface area (Å²) >= 11 is 0. The maximum Gasteiger partial charge on any atom is 0.306 e. The van der Waals surface area contributed by atoms with Crippen LogP contribution in [0.4, 0.5) is 0 Å². The Morgan fingerprint density at radius 1 is 0.938 bits per heavy atom. The van der Waals surface area contributed by atoms with E-state index in [1.54, 1.807) is 21.3 Å². The van der Waals surface area contributed by atoms with Gasteiger partial charge in [0.05, 0.1) is 30.7 Å². The Balaban J connectivity index is 1.29. The number of ketones is 1. The van der Waals surface area contributed by atoms with Gasteiger partial charge < -0.3 is 38.3 Å². The fourth-order valence-electron chi connectivity index (χ4n) is 10.6. The van der Waals surface area contributed by atoms with E-state index in [1.165, 1.54) is 6.92 Å². The largest absolute Gasteiger partial charge is 0.462 e. The average Bonchev–Trinajstić information content (AvgIpc) is 3.62. The lowest BCUT2D eigenvalue weighted by atomic mass is 9.48. The Morgan fingerprint density at radius 3 is 2.29 bits per heavy atom. The number of hydrogen-bond donors (Lipinski definition) is 1. The van der Waals surface area contributed by atoms with Crippen LogP contribution < -0.4 is 0 Å². The summed E-state index contributed by atoms with van der Waals surface area (Å²) in [6.07, 6.45) is 3.70. The summed E-state index contributed by atoms with van der Waals surface area (Å²) in [6, 6.07) is 0. The van der Waals surface area contributed by atoms with E-state index in [0.29, 0.717) is 43.6 Å². The fraction of sp³-hybridized carbons (Fsp3) is 0.865. The van der Waals surface area contributed by atoms with Gasteiger partial charge in [0.25, 0.3) is 0 Å². The van der Waals surface area contributed by atoms with E-state index < -0.39 is 36.5 Å². The second kappa shape index (κ2) is 14.8. The highest BCUT2D eigenvalue weighted by molar-refractivity contribution is 5.99. The molecular weight excluding hydrogens is 620 g/mol. The van der Waals surface area contributed by atoms with Gasteiger partial charge in [0.15, 0.2) is 12.1 Å². The Bertz CT molecular complexity index is 1220. The predicted octanol–water partition coefficient (Wildman–Crippen LogP) is 4.02. The summed E-state index contributed by atoms with van der Waals surface area (Å²) < 4.78 is 42.1. The third kappa shape index (κ3) is 6.52. The van der Waals surface area contributed by atoms with Crippen molar-refractivity contribution >= 4 is 17.7 Å². The first-order chi connectivity index (χ1) is 23.0. The lowest BCUT2D eigenvalue weighted by Gasteiger charge is -2.57. The van der Waals surface area contributed by atoms with Gasteiger partial charge in [-0.3, -0.25) is 14.4 Å². The van der Waals surface area contributed by atoms with Crippen LogP contribution in [0.25, 0.3) is 0 Å². The van der Waals surface area contributed by atoms with Crippen LogP contribution in [0, 0.1) is 47.3 Å². The lowest BCUT2D eigenvalue weighted by molar-refractivity contribution is -0.314. The van der Waals surface area contributed by atoms with Crippen LogP contribution in [0.5, 0.6) is 0 Å². The number of allylic oxidation sites excluding steroid dienone is 2. The summed E-state index contributed by atoms with van der Waals surface area (Å²) in [6.45, 7) is 7.18. The van der Waals surface area contributed by atoms with Crippen LogP contribution in [0.2, 0.25) is 0 Å². The van der Waals surface area contributed by atoms with Crippen molar-refractivity contribution in [2.45, 2.75) is 134 Å². The van der Waals surface area contributed by atoms with Crippen LogP contribution in [-0.4, -0.2) is 99.3 Å². The fourth-order valence-corrected chi connectivity index (χ4v) is 10.6. The molecule has 11 heteroatoms. The molecule has 2 saturated heterocycles. The molecule has 2 heterocycles. The molecule has 1 N–H and O–H groups in total. The van der Waals surface area contributed by atoms with Crippen LogP contribution in [0.15, 0.2) is 11.6 Å². The van der Waals surface area contributed by atoms with Crippen molar-refractivity contribution in [3.63, 3.8) is 0 Å². The van der Waals surface area contributed by atoms with E-state index in [4.69, 9.17) is 33.2 Å². The average molecular weight is 677 g/mol. The molecule has 0 aromatic rings. The first-order valence-electron chi connectivity index (χ1n) is 18.2. The summed E-state index contributed by atoms with van der Waals surface area (Å²) in [5.41, 5.74) is 0.639. The minimum Gasteiger partial charge on any atom is -0.462 e. The van der Waals surface area contributed by atoms with Crippen molar-refractivity contribution in [2.24, 2.45) is 47.3 Å². The number of carbonyl (C=O) groups excluding carboxylic acids is 3. The van der Waals surface area contributed by atoms with E-state index in [0.717, 1.165) is 12.8 Å². The minimum absolute atomic E-state index is 0.0111. The molecule has 17 atom stereocenters. The number of aliphatic hydroxyl groups is 1. The number of carbonyl (C=O) groups is 3. The quantitative estimate of drug-likeness (QED) is 0.392. The molecule has 2 aliphatic heterocycles. The molecule has 0 bridgehead atoms. The van der Waals surface area contributed by atoms with E-state index >= 15 is 0 Å². The standard InChI is InChI=1S/C37H56O11/c1-8-20-10-9-11-29(46-19(4)38)17(2)33(41)27-14-24-22-12-21(48-37-36(44-7)35(43-6)34(42-5)18(3)45-37)13-23(22)25-15-28(39)32(25)31(24)26(27)16-30(40)47-20/h14,17-18,20-26,28-29,31-32,34-37,39H,8-13,15-16H2,1-7H3/t17-,18?,20+,21+,22-,23-,24+,25+,26-,28?,29+,31-,32-,34+,35?,36?,37+/m1/s1. The zero-order valence-electron chi connectivity index (χ0n) is 29.6. The Kier molecular flexibility index (Phi) is 11.0. The normalized spacial score (nSPS) is 47.6. The molecule has 0 aromatic heterocycles. The number of fused-ring (bicyclic) bond motifs is 8. The zero-order valence-corrected chi connectivity index (χ0v) is 29.6. The van der Waals surface area contributed by atoms with Crippen molar-refractivity contribution in [1.29, 1.82) is 0 Å². The number of cyclic esters (lactones) is 1. The number of methoxy groups -OCH3 is 3. The summed E-state index contributed by atoms with van der Waals surface area (Å²) in [5, 5.41) is 11.3. The van der Waals surface area contributed by atoms with Crippen molar-refractivity contribution in [3.05, 3.63) is 11.6 Å². The highest BCUT2D eigenvalue weighted by Crippen LogP contribution is 2.66. The molecule has 0 amide bonds. The van der Waals surface area contributed by atoms with Gasteiger partial charge >= 0.3 is 11.9 Å². The van der Waals surface area contributed by atoms with Gasteiger partial charge in [-0.1, -0.05) is 19.9 Å². The molecule has 0 aromatic carbocycles. The zero-order chi connectivity index (χ0) is 34.4. The van der Waals surface area contributed by atoms with E-state index in [-0.39, 0.29) is 84.2 Å². The highest BCUT2D eigenvalue weighted by Gasteiger charge is 2.64. The highest BCUT2D eigenvalue weighted by atomic mass is 16.7. The van der Waals surface area contributed by atoms with Gasteiger partial charge in [0.2, 0.25) is 0 Å². The molecule has 270 valence electrons. The van der Waals surface area contributed by atoms with Crippen LogP contribution >= 0.6 is 0 Å². The molecule has 4 unspecified atom stereocenters. The number of ether oxygens (including phenoxy) is 7. The molecule has 0 radical (unpaired) electrons. The molecule has 6 aliphatic rings. The van der Waals surface area contributed by atoms with Crippen molar-refractivity contribution in [1.82, 2.24) is 0 Å². The minimum atomic E-state index is -0.635. The number of hydrogen-bond acceptors (Lipinski definition) is 11. The van der Waals surface area contributed by atoms with Gasteiger partial charge in [-0.05, 0) is 93.0 Å². The Morgan fingerprint density at radius 2 is 1.65 bits per heavy atom. The summed E-state index contributed by atoms with van der Waals surface area (Å²) in [5.74, 6) is -0.893. The number of Topliss-reactive ketones (excluding diaryl/α,β-unsaturated/α-hetero) is 1. The Labute approximate surface area is 284 Å². The maximum absolute atomic E-state index is 14.4. The van der Waals surface area contributed by atoms with Crippen molar-refractivity contribution < 1.29 is 52.6 Å². The van der Waals surface area contributed by atoms with Crippen molar-refractivity contribution in [2.75, 3.05) is 21.3 Å². The predicted molar refractivity (Wildman–Crippen MR) is 172 cm³/mol. The number of rotatable bonds is 7. The molecule has 0 spiro atoms. The summed E-state index contributed by atoms with van der Waals surface area (Å²) in [7, 11) is 4.91. The van der Waals surface area contributed by atoms with Gasteiger partial charge in [0, 0.05) is 34.2 Å². The monoisotopic (exact) mass is 676 g/mol. The summed E-state index contributed by atoms with van der Waals surface area (Å²) in [4.78, 5) is 40.0. The molecule has 4 aliphatic carbocycles.